The third-order valence-corrected chi connectivity index (χ3v) is 3.56. The van der Waals surface area contributed by atoms with E-state index in [4.69, 9.17) is 9.47 Å². The van der Waals surface area contributed by atoms with Crippen LogP contribution in [0.1, 0.15) is 24.1 Å². The van der Waals surface area contributed by atoms with Crippen LogP contribution in [-0.4, -0.2) is 19.3 Å². The van der Waals surface area contributed by atoms with Gasteiger partial charge in [-0.15, -0.1) is 0 Å². The largest absolute Gasteiger partial charge is 0.508 e. The normalized spacial score (nSPS) is 12.0. The molecule has 0 fully saturated rings. The quantitative estimate of drug-likeness (QED) is 0.859. The SMILES string of the molecule is COc1ccc(O)c(C(C)NCc2cccc(OC)c2F)c1. The van der Waals surface area contributed by atoms with Gasteiger partial charge in [-0.05, 0) is 31.2 Å². The number of methoxy groups -OCH3 is 2. The monoisotopic (exact) mass is 305 g/mol. The van der Waals surface area contributed by atoms with Crippen molar-refractivity contribution in [1.82, 2.24) is 5.32 Å². The zero-order valence-corrected chi connectivity index (χ0v) is 12.9. The summed E-state index contributed by atoms with van der Waals surface area (Å²) in [7, 11) is 3.01. The van der Waals surface area contributed by atoms with Gasteiger partial charge in [0.1, 0.15) is 11.5 Å². The molecule has 0 saturated heterocycles. The van der Waals surface area contributed by atoms with Crippen molar-refractivity contribution in [3.63, 3.8) is 0 Å². The van der Waals surface area contributed by atoms with Crippen LogP contribution in [0.4, 0.5) is 4.39 Å². The summed E-state index contributed by atoms with van der Waals surface area (Å²) in [6.07, 6.45) is 0. The van der Waals surface area contributed by atoms with E-state index in [-0.39, 0.29) is 23.4 Å². The molecule has 0 spiro atoms. The molecular weight excluding hydrogens is 285 g/mol. The van der Waals surface area contributed by atoms with Gasteiger partial charge in [0, 0.05) is 23.7 Å². The Labute approximate surface area is 129 Å². The molecule has 0 aromatic heterocycles. The van der Waals surface area contributed by atoms with E-state index >= 15 is 0 Å². The second-order valence-corrected chi connectivity index (χ2v) is 4.96. The van der Waals surface area contributed by atoms with Gasteiger partial charge in [0.15, 0.2) is 11.6 Å². The number of benzene rings is 2. The van der Waals surface area contributed by atoms with Crippen molar-refractivity contribution in [1.29, 1.82) is 0 Å². The van der Waals surface area contributed by atoms with Gasteiger partial charge in [-0.2, -0.15) is 0 Å². The predicted octanol–water partition coefficient (Wildman–Crippen LogP) is 3.40. The Morgan fingerprint density at radius 1 is 1.18 bits per heavy atom. The standard InChI is InChI=1S/C17H20FNO3/c1-11(14-9-13(21-2)7-8-15(14)20)19-10-12-5-4-6-16(22-3)17(12)18/h4-9,11,19-20H,10H2,1-3H3. The van der Waals surface area contributed by atoms with E-state index in [1.165, 1.54) is 7.11 Å². The number of ether oxygens (including phenoxy) is 2. The minimum Gasteiger partial charge on any atom is -0.508 e. The number of aromatic hydroxyl groups is 1. The summed E-state index contributed by atoms with van der Waals surface area (Å²) in [5, 5.41) is 13.1. The van der Waals surface area contributed by atoms with Crippen LogP contribution in [0.3, 0.4) is 0 Å². The molecule has 1 atom stereocenters. The maximum Gasteiger partial charge on any atom is 0.169 e. The molecule has 0 saturated carbocycles. The third kappa shape index (κ3) is 3.49. The van der Waals surface area contributed by atoms with Gasteiger partial charge >= 0.3 is 0 Å². The smallest absolute Gasteiger partial charge is 0.169 e. The van der Waals surface area contributed by atoms with Crippen molar-refractivity contribution in [3.05, 3.63) is 53.3 Å². The molecule has 22 heavy (non-hydrogen) atoms. The highest BCUT2D eigenvalue weighted by molar-refractivity contribution is 5.41. The second-order valence-electron chi connectivity index (χ2n) is 4.96. The Kier molecular flexibility index (Phi) is 5.22. The highest BCUT2D eigenvalue weighted by Crippen LogP contribution is 2.29. The first-order valence-corrected chi connectivity index (χ1v) is 6.98. The van der Waals surface area contributed by atoms with E-state index in [9.17, 15) is 9.50 Å². The molecule has 0 amide bonds. The minimum atomic E-state index is -0.375. The Bertz CT molecular complexity index is 646. The number of phenolic OH excluding ortho intramolecular Hbond substituents is 1. The van der Waals surface area contributed by atoms with Gasteiger partial charge in [0.2, 0.25) is 0 Å². The molecule has 2 aromatic rings. The van der Waals surface area contributed by atoms with Gasteiger partial charge in [0.25, 0.3) is 0 Å². The first-order valence-electron chi connectivity index (χ1n) is 6.98. The molecule has 0 radical (unpaired) electrons. The van der Waals surface area contributed by atoms with Crippen LogP contribution in [0.2, 0.25) is 0 Å². The topological polar surface area (TPSA) is 50.7 Å². The zero-order valence-electron chi connectivity index (χ0n) is 12.9. The molecule has 2 rings (SSSR count). The summed E-state index contributed by atoms with van der Waals surface area (Å²) in [6.45, 7) is 2.22. The highest BCUT2D eigenvalue weighted by Gasteiger charge is 2.13. The van der Waals surface area contributed by atoms with Gasteiger partial charge < -0.3 is 19.9 Å². The molecule has 2 aromatic carbocycles. The lowest BCUT2D eigenvalue weighted by molar-refractivity contribution is 0.382. The summed E-state index contributed by atoms with van der Waals surface area (Å²) in [6, 6.07) is 9.88. The van der Waals surface area contributed by atoms with Gasteiger partial charge in [0.05, 0.1) is 14.2 Å². The molecule has 0 bridgehead atoms. The Balaban J connectivity index is 2.12. The number of hydrogen-bond acceptors (Lipinski definition) is 4. The molecule has 1 unspecified atom stereocenters. The van der Waals surface area contributed by atoms with Crippen LogP contribution in [0.5, 0.6) is 17.2 Å². The van der Waals surface area contributed by atoms with Gasteiger partial charge in [-0.25, -0.2) is 4.39 Å². The first-order chi connectivity index (χ1) is 10.6. The number of halogens is 1. The number of phenols is 1. The average Bonchev–Trinajstić information content (AvgIpc) is 2.54. The van der Waals surface area contributed by atoms with Gasteiger partial charge in [-0.3, -0.25) is 0 Å². The summed E-state index contributed by atoms with van der Waals surface area (Å²) >= 11 is 0. The maximum atomic E-state index is 14.1. The van der Waals surface area contributed by atoms with E-state index in [2.05, 4.69) is 5.32 Å². The molecule has 5 heteroatoms. The third-order valence-electron chi connectivity index (χ3n) is 3.56. The van der Waals surface area contributed by atoms with Crippen molar-refractivity contribution < 1.29 is 19.0 Å². The average molecular weight is 305 g/mol. The maximum absolute atomic E-state index is 14.1. The van der Waals surface area contributed by atoms with Crippen LogP contribution in [0.25, 0.3) is 0 Å². The molecule has 4 nitrogen and oxygen atoms in total. The van der Waals surface area contributed by atoms with Crippen molar-refractivity contribution in [2.24, 2.45) is 0 Å². The molecule has 118 valence electrons. The van der Waals surface area contributed by atoms with Crippen LogP contribution in [0.15, 0.2) is 36.4 Å². The molecule has 0 heterocycles. The van der Waals surface area contributed by atoms with E-state index < -0.39 is 0 Å². The fraction of sp³-hybridized carbons (Fsp3) is 0.294. The van der Waals surface area contributed by atoms with E-state index in [1.807, 2.05) is 6.92 Å². The predicted molar refractivity (Wildman–Crippen MR) is 82.9 cm³/mol. The molecule has 2 N–H and O–H groups in total. The lowest BCUT2D eigenvalue weighted by Crippen LogP contribution is -2.19. The molecule has 0 aliphatic rings. The van der Waals surface area contributed by atoms with Crippen molar-refractivity contribution in [2.75, 3.05) is 14.2 Å². The summed E-state index contributed by atoms with van der Waals surface area (Å²) in [5.74, 6) is 0.677. The van der Waals surface area contributed by atoms with E-state index in [0.717, 1.165) is 0 Å². The molecule has 0 aliphatic heterocycles. The second kappa shape index (κ2) is 7.13. The van der Waals surface area contributed by atoms with Crippen molar-refractivity contribution in [2.45, 2.75) is 19.5 Å². The zero-order chi connectivity index (χ0) is 16.1. The first kappa shape index (κ1) is 16.1. The fourth-order valence-corrected chi connectivity index (χ4v) is 2.23. The Hall–Kier alpha value is -2.27. The van der Waals surface area contributed by atoms with Crippen LogP contribution in [0, 0.1) is 5.82 Å². The van der Waals surface area contributed by atoms with Gasteiger partial charge in [-0.1, -0.05) is 12.1 Å². The molecule has 0 aliphatic carbocycles. The van der Waals surface area contributed by atoms with E-state index in [1.54, 1.807) is 43.5 Å². The van der Waals surface area contributed by atoms with Crippen LogP contribution < -0.4 is 14.8 Å². The van der Waals surface area contributed by atoms with Crippen molar-refractivity contribution >= 4 is 0 Å². The highest BCUT2D eigenvalue weighted by atomic mass is 19.1. The number of nitrogens with one attached hydrogen (secondary N) is 1. The summed E-state index contributed by atoms with van der Waals surface area (Å²) in [5.41, 5.74) is 1.20. The fourth-order valence-electron chi connectivity index (χ4n) is 2.23. The lowest BCUT2D eigenvalue weighted by atomic mass is 10.1. The minimum absolute atomic E-state index is 0.166. The van der Waals surface area contributed by atoms with Crippen LogP contribution in [-0.2, 0) is 6.54 Å². The Morgan fingerprint density at radius 2 is 1.95 bits per heavy atom. The molecular formula is C17H20FNO3. The number of hydrogen-bond donors (Lipinski definition) is 2. The number of rotatable bonds is 6. The van der Waals surface area contributed by atoms with E-state index in [0.29, 0.717) is 23.4 Å². The lowest BCUT2D eigenvalue weighted by Gasteiger charge is -2.17. The summed E-state index contributed by atoms with van der Waals surface area (Å²) in [4.78, 5) is 0. The summed E-state index contributed by atoms with van der Waals surface area (Å²) < 4.78 is 24.2. The van der Waals surface area contributed by atoms with Crippen LogP contribution >= 0.6 is 0 Å². The van der Waals surface area contributed by atoms with Crippen molar-refractivity contribution in [3.8, 4) is 17.2 Å². The Morgan fingerprint density at radius 3 is 2.64 bits per heavy atom.